The van der Waals surface area contributed by atoms with Crippen molar-refractivity contribution < 1.29 is 14.3 Å². The van der Waals surface area contributed by atoms with Crippen LogP contribution in [0, 0.1) is 0 Å². The van der Waals surface area contributed by atoms with E-state index < -0.39 is 6.04 Å². The summed E-state index contributed by atoms with van der Waals surface area (Å²) in [5, 5.41) is 9.40. The SMILES string of the molecule is COc1ccc(C2C(C(=O)OC3CCCCC3)=C(C)Nc3nc(SCc4ccccc4Cl)nn32)cc1. The van der Waals surface area contributed by atoms with Crippen molar-refractivity contribution in [1.82, 2.24) is 14.8 Å². The summed E-state index contributed by atoms with van der Waals surface area (Å²) in [5.41, 5.74) is 3.19. The highest BCUT2D eigenvalue weighted by molar-refractivity contribution is 7.98. The van der Waals surface area contributed by atoms with Gasteiger partial charge in [-0.05, 0) is 61.9 Å². The Bertz CT molecular complexity index is 1270. The number of ether oxygens (including phenoxy) is 2. The third-order valence-electron chi connectivity index (χ3n) is 6.63. The molecule has 1 unspecified atom stereocenters. The summed E-state index contributed by atoms with van der Waals surface area (Å²) in [6.07, 6.45) is 5.17. The number of thioether (sulfide) groups is 1. The monoisotopic (exact) mass is 524 g/mol. The number of nitrogens with one attached hydrogen (secondary N) is 1. The number of hydrogen-bond acceptors (Lipinski definition) is 7. The summed E-state index contributed by atoms with van der Waals surface area (Å²) in [7, 11) is 1.63. The first-order valence-corrected chi connectivity index (χ1v) is 13.6. The Morgan fingerprint density at radius 3 is 2.61 bits per heavy atom. The molecule has 36 heavy (non-hydrogen) atoms. The number of hydrogen-bond donors (Lipinski definition) is 1. The summed E-state index contributed by atoms with van der Waals surface area (Å²) in [4.78, 5) is 18.2. The van der Waals surface area contributed by atoms with Gasteiger partial charge in [-0.2, -0.15) is 4.98 Å². The van der Waals surface area contributed by atoms with Crippen LogP contribution in [0.2, 0.25) is 5.02 Å². The molecule has 0 spiro atoms. The Balaban J connectivity index is 1.46. The van der Waals surface area contributed by atoms with Gasteiger partial charge < -0.3 is 14.8 Å². The van der Waals surface area contributed by atoms with Crippen molar-refractivity contribution in [2.24, 2.45) is 0 Å². The molecular weight excluding hydrogens is 496 g/mol. The van der Waals surface area contributed by atoms with E-state index in [9.17, 15) is 4.79 Å². The molecule has 0 radical (unpaired) electrons. The molecule has 3 aromatic rings. The summed E-state index contributed by atoms with van der Waals surface area (Å²) < 4.78 is 13.1. The fourth-order valence-corrected chi connectivity index (χ4v) is 5.82. The summed E-state index contributed by atoms with van der Waals surface area (Å²) in [5.74, 6) is 1.66. The number of allylic oxidation sites excluding steroid dienone is 1. The van der Waals surface area contributed by atoms with E-state index in [2.05, 4.69) is 5.32 Å². The predicted molar refractivity (Wildman–Crippen MR) is 141 cm³/mol. The van der Waals surface area contributed by atoms with Crippen molar-refractivity contribution in [2.75, 3.05) is 12.4 Å². The molecule has 7 nitrogen and oxygen atoms in total. The second kappa shape index (κ2) is 11.0. The smallest absolute Gasteiger partial charge is 0.338 e. The van der Waals surface area contributed by atoms with Crippen LogP contribution < -0.4 is 10.1 Å². The molecule has 1 aliphatic carbocycles. The normalized spacial score (nSPS) is 17.9. The third kappa shape index (κ3) is 5.25. The molecule has 2 aromatic carbocycles. The largest absolute Gasteiger partial charge is 0.497 e. The molecule has 1 aromatic heterocycles. The molecule has 0 amide bonds. The second-order valence-electron chi connectivity index (χ2n) is 9.05. The highest BCUT2D eigenvalue weighted by atomic mass is 35.5. The summed E-state index contributed by atoms with van der Waals surface area (Å²) >= 11 is 7.83. The summed E-state index contributed by atoms with van der Waals surface area (Å²) in [6.45, 7) is 1.89. The van der Waals surface area contributed by atoms with Crippen LogP contribution in [-0.4, -0.2) is 33.9 Å². The maximum Gasteiger partial charge on any atom is 0.338 e. The highest BCUT2D eigenvalue weighted by Crippen LogP contribution is 2.38. The van der Waals surface area contributed by atoms with Crippen molar-refractivity contribution in [3.8, 4) is 5.75 Å². The van der Waals surface area contributed by atoms with Crippen LogP contribution in [0.4, 0.5) is 5.95 Å². The third-order valence-corrected chi connectivity index (χ3v) is 7.88. The quantitative estimate of drug-likeness (QED) is 0.283. The highest BCUT2D eigenvalue weighted by Gasteiger charge is 2.36. The molecule has 2 aliphatic rings. The van der Waals surface area contributed by atoms with Gasteiger partial charge in [-0.1, -0.05) is 60.1 Å². The number of methoxy groups -OCH3 is 1. The van der Waals surface area contributed by atoms with Gasteiger partial charge in [0.15, 0.2) is 0 Å². The molecule has 2 heterocycles. The van der Waals surface area contributed by atoms with E-state index in [1.54, 1.807) is 11.8 Å². The van der Waals surface area contributed by atoms with E-state index in [1.807, 2.05) is 55.5 Å². The molecule has 1 N–H and O–H groups in total. The number of carbonyl (C=O) groups excluding carboxylic acids is 1. The molecule has 1 saturated carbocycles. The summed E-state index contributed by atoms with van der Waals surface area (Å²) in [6, 6.07) is 15.0. The number of esters is 1. The van der Waals surface area contributed by atoms with Gasteiger partial charge >= 0.3 is 5.97 Å². The van der Waals surface area contributed by atoms with Gasteiger partial charge in [0, 0.05) is 16.5 Å². The van der Waals surface area contributed by atoms with Gasteiger partial charge in [0.1, 0.15) is 17.9 Å². The average Bonchev–Trinajstić information content (AvgIpc) is 3.30. The van der Waals surface area contributed by atoms with E-state index in [1.165, 1.54) is 18.2 Å². The van der Waals surface area contributed by atoms with E-state index in [0.29, 0.717) is 27.5 Å². The lowest BCUT2D eigenvalue weighted by atomic mass is 9.95. The molecule has 5 rings (SSSR count). The lowest BCUT2D eigenvalue weighted by Gasteiger charge is -2.30. The number of nitrogens with zero attached hydrogens (tertiary/aromatic N) is 3. The molecule has 9 heteroatoms. The van der Waals surface area contributed by atoms with Crippen LogP contribution in [0.5, 0.6) is 5.75 Å². The number of carbonyl (C=O) groups is 1. The van der Waals surface area contributed by atoms with Gasteiger partial charge in [-0.25, -0.2) is 9.48 Å². The minimum Gasteiger partial charge on any atom is -0.497 e. The fraction of sp³-hybridized carbons (Fsp3) is 0.370. The molecular formula is C27H29ClN4O3S. The number of halogens is 1. The first-order chi connectivity index (χ1) is 17.5. The molecule has 1 aliphatic heterocycles. The lowest BCUT2D eigenvalue weighted by molar-refractivity contribution is -0.146. The molecule has 0 bridgehead atoms. The number of anilines is 1. The molecule has 0 saturated heterocycles. The van der Waals surface area contributed by atoms with Crippen molar-refractivity contribution in [3.63, 3.8) is 0 Å². The van der Waals surface area contributed by atoms with Crippen LogP contribution in [-0.2, 0) is 15.3 Å². The second-order valence-corrected chi connectivity index (χ2v) is 10.4. The van der Waals surface area contributed by atoms with Crippen LogP contribution >= 0.6 is 23.4 Å². The van der Waals surface area contributed by atoms with Crippen molar-refractivity contribution in [3.05, 3.63) is 76.0 Å². The number of fused-ring (bicyclic) bond motifs is 1. The Labute approximate surface area is 220 Å². The van der Waals surface area contributed by atoms with Crippen LogP contribution in [0.15, 0.2) is 65.0 Å². The van der Waals surface area contributed by atoms with E-state index in [-0.39, 0.29) is 12.1 Å². The Morgan fingerprint density at radius 2 is 1.89 bits per heavy atom. The van der Waals surface area contributed by atoms with Crippen LogP contribution in [0.1, 0.15) is 56.2 Å². The van der Waals surface area contributed by atoms with Crippen LogP contribution in [0.3, 0.4) is 0 Å². The van der Waals surface area contributed by atoms with Crippen molar-refractivity contribution >= 4 is 35.3 Å². The maximum absolute atomic E-state index is 13.5. The minimum atomic E-state index is -0.467. The fourth-order valence-electron chi connectivity index (χ4n) is 4.71. The first kappa shape index (κ1) is 24.7. The first-order valence-electron chi connectivity index (χ1n) is 12.2. The zero-order valence-corrected chi connectivity index (χ0v) is 21.9. The van der Waals surface area contributed by atoms with Crippen molar-refractivity contribution in [1.29, 1.82) is 0 Å². The average molecular weight is 525 g/mol. The maximum atomic E-state index is 13.5. The van der Waals surface area contributed by atoms with Gasteiger partial charge in [0.2, 0.25) is 11.1 Å². The van der Waals surface area contributed by atoms with Crippen molar-refractivity contribution in [2.45, 2.75) is 62.1 Å². The predicted octanol–water partition coefficient (Wildman–Crippen LogP) is 6.40. The molecule has 1 atom stereocenters. The Kier molecular flexibility index (Phi) is 7.53. The zero-order valence-electron chi connectivity index (χ0n) is 20.4. The number of aromatic nitrogens is 3. The standard InChI is InChI=1S/C27H29ClN4O3S/c1-17-23(25(33)35-21-9-4-3-5-10-21)24(18-12-14-20(34-2)15-13-18)32-26(29-17)30-27(31-32)36-16-19-8-6-7-11-22(19)28/h6-8,11-15,21,24H,3-5,9-10,16H2,1-2H3,(H,29,30,31). The number of benzene rings is 2. The molecule has 1 fully saturated rings. The lowest BCUT2D eigenvalue weighted by Crippen LogP contribution is -2.32. The van der Waals surface area contributed by atoms with Crippen LogP contribution in [0.25, 0.3) is 0 Å². The Morgan fingerprint density at radius 1 is 1.14 bits per heavy atom. The number of rotatable bonds is 7. The van der Waals surface area contributed by atoms with E-state index in [4.69, 9.17) is 31.2 Å². The van der Waals surface area contributed by atoms with Gasteiger partial charge in [-0.15, -0.1) is 5.10 Å². The van der Waals surface area contributed by atoms with Gasteiger partial charge in [-0.3, -0.25) is 0 Å². The van der Waals surface area contributed by atoms with E-state index in [0.717, 1.165) is 48.3 Å². The topological polar surface area (TPSA) is 78.3 Å². The van der Waals surface area contributed by atoms with E-state index >= 15 is 0 Å². The minimum absolute atomic E-state index is 0.0399. The Hall–Kier alpha value is -2.97. The van der Waals surface area contributed by atoms with Gasteiger partial charge in [0.25, 0.3) is 0 Å². The van der Waals surface area contributed by atoms with Gasteiger partial charge in [0.05, 0.1) is 12.7 Å². The zero-order chi connectivity index (χ0) is 25.1. The molecule has 188 valence electrons.